The normalized spacial score (nSPS) is 12.0. The molecule has 1 unspecified atom stereocenters. The van der Waals surface area contributed by atoms with Crippen molar-refractivity contribution in [2.45, 2.75) is 9.79 Å². The van der Waals surface area contributed by atoms with E-state index < -0.39 is 27.2 Å². The van der Waals surface area contributed by atoms with Crippen LogP contribution >= 0.6 is 0 Å². The summed E-state index contributed by atoms with van der Waals surface area (Å²) in [5.41, 5.74) is -0.514. The number of nitrogens with zero attached hydrogens (tertiary/aromatic N) is 1. The smallest absolute Gasteiger partial charge is 0.327 e. The van der Waals surface area contributed by atoms with Crippen LogP contribution in [-0.2, 0) is 10.8 Å². The molecule has 0 saturated heterocycles. The molecule has 5 nitrogen and oxygen atoms in total. The Morgan fingerprint density at radius 3 is 2.33 bits per heavy atom. The van der Waals surface area contributed by atoms with E-state index in [9.17, 15) is 19.4 Å². The van der Waals surface area contributed by atoms with Gasteiger partial charge in [-0.3, -0.25) is 10.1 Å². The number of rotatable bonds is 3. The predicted molar refractivity (Wildman–Crippen MR) is 65.9 cm³/mol. The van der Waals surface area contributed by atoms with Gasteiger partial charge in [-0.1, -0.05) is 24.3 Å². The number of nitro benzene ring substituents is 1. The largest absolute Gasteiger partial charge is 0.502 e. The predicted octanol–water partition coefficient (Wildman–Crippen LogP) is 2.47. The Kier molecular flexibility index (Phi) is 3.38. The Hall–Kier alpha value is -2.21. The molecule has 2 rings (SSSR count). The number of benzene rings is 2. The summed E-state index contributed by atoms with van der Waals surface area (Å²) in [4.78, 5) is 10.6. The van der Waals surface area contributed by atoms with Crippen LogP contribution in [0.3, 0.4) is 0 Å². The number of aromatic hydroxyl groups is 1. The molecular formula is C12H9NO4S. The lowest BCUT2D eigenvalue weighted by Gasteiger charge is -2.04. The van der Waals surface area contributed by atoms with Gasteiger partial charge in [0.1, 0.15) is 4.90 Å². The fraction of sp³-hybridized carbons (Fsp3) is 0. The molecule has 0 radical (unpaired) electrons. The maximum absolute atomic E-state index is 12.2. The van der Waals surface area contributed by atoms with Gasteiger partial charge in [-0.25, -0.2) is 4.21 Å². The second-order valence-corrected chi connectivity index (χ2v) is 4.91. The molecule has 0 aliphatic carbocycles. The van der Waals surface area contributed by atoms with E-state index in [0.29, 0.717) is 4.90 Å². The zero-order chi connectivity index (χ0) is 13.1. The van der Waals surface area contributed by atoms with Gasteiger partial charge in [-0.2, -0.15) is 0 Å². The van der Waals surface area contributed by atoms with Crippen LogP contribution in [0.1, 0.15) is 0 Å². The Balaban J connectivity index is 2.56. The maximum Gasteiger partial charge on any atom is 0.327 e. The van der Waals surface area contributed by atoms with Crippen LogP contribution < -0.4 is 0 Å². The number of nitro groups is 1. The van der Waals surface area contributed by atoms with Crippen molar-refractivity contribution >= 4 is 16.5 Å². The molecule has 0 fully saturated rings. The molecule has 2 aromatic carbocycles. The second kappa shape index (κ2) is 4.97. The Bertz CT molecular complexity index is 613. The van der Waals surface area contributed by atoms with E-state index >= 15 is 0 Å². The summed E-state index contributed by atoms with van der Waals surface area (Å²) >= 11 is 0. The third-order valence-corrected chi connectivity index (χ3v) is 3.75. The first-order valence-electron chi connectivity index (χ1n) is 5.04. The average Bonchev–Trinajstić information content (AvgIpc) is 2.38. The van der Waals surface area contributed by atoms with Crippen LogP contribution in [-0.4, -0.2) is 14.2 Å². The molecule has 2 aromatic rings. The monoisotopic (exact) mass is 263 g/mol. The Morgan fingerprint density at radius 2 is 1.72 bits per heavy atom. The first-order chi connectivity index (χ1) is 8.61. The molecule has 92 valence electrons. The fourth-order valence-electron chi connectivity index (χ4n) is 1.51. The highest BCUT2D eigenvalue weighted by molar-refractivity contribution is 7.85. The highest BCUT2D eigenvalue weighted by Crippen LogP contribution is 2.33. The molecule has 1 atom stereocenters. The molecule has 0 saturated carbocycles. The van der Waals surface area contributed by atoms with E-state index in [1.54, 1.807) is 30.3 Å². The standard InChI is InChI=1S/C12H9NO4S/c14-10-7-4-8-11(12(10)13(15)16)18(17)9-5-2-1-3-6-9/h1-8,14H. The highest BCUT2D eigenvalue weighted by Gasteiger charge is 2.24. The molecular weight excluding hydrogens is 254 g/mol. The summed E-state index contributed by atoms with van der Waals surface area (Å²) in [6, 6.07) is 12.4. The third-order valence-electron chi connectivity index (χ3n) is 2.32. The lowest BCUT2D eigenvalue weighted by Crippen LogP contribution is -1.99. The molecule has 0 aliphatic rings. The van der Waals surface area contributed by atoms with Crippen molar-refractivity contribution in [2.75, 3.05) is 0 Å². The third kappa shape index (κ3) is 2.23. The van der Waals surface area contributed by atoms with E-state index in [1.165, 1.54) is 18.2 Å². The van der Waals surface area contributed by atoms with Gasteiger partial charge in [-0.05, 0) is 24.3 Å². The summed E-state index contributed by atoms with van der Waals surface area (Å²) in [6.45, 7) is 0. The maximum atomic E-state index is 12.2. The zero-order valence-electron chi connectivity index (χ0n) is 9.15. The van der Waals surface area contributed by atoms with E-state index in [0.717, 1.165) is 0 Å². The minimum atomic E-state index is -1.69. The van der Waals surface area contributed by atoms with Gasteiger partial charge in [-0.15, -0.1) is 0 Å². The van der Waals surface area contributed by atoms with E-state index in [2.05, 4.69) is 0 Å². The summed E-state index contributed by atoms with van der Waals surface area (Å²) in [5.74, 6) is -0.484. The molecule has 0 amide bonds. The number of phenols is 1. The molecule has 6 heteroatoms. The van der Waals surface area contributed by atoms with Crippen molar-refractivity contribution in [3.8, 4) is 5.75 Å². The minimum absolute atomic E-state index is 0.00815. The zero-order valence-corrected chi connectivity index (χ0v) is 9.96. The minimum Gasteiger partial charge on any atom is -0.502 e. The van der Waals surface area contributed by atoms with Crippen molar-refractivity contribution in [1.29, 1.82) is 0 Å². The molecule has 18 heavy (non-hydrogen) atoms. The topological polar surface area (TPSA) is 80.4 Å². The number of para-hydroxylation sites is 1. The Labute approximate surface area is 105 Å². The lowest BCUT2D eigenvalue weighted by molar-refractivity contribution is -0.388. The summed E-state index contributed by atoms with van der Waals surface area (Å²) < 4.78 is 12.2. The lowest BCUT2D eigenvalue weighted by atomic mass is 10.3. The summed E-state index contributed by atoms with van der Waals surface area (Å²) in [7, 11) is -1.69. The van der Waals surface area contributed by atoms with Gasteiger partial charge in [0.2, 0.25) is 0 Å². The van der Waals surface area contributed by atoms with Gasteiger partial charge in [0.15, 0.2) is 5.75 Å². The first-order valence-corrected chi connectivity index (χ1v) is 6.19. The van der Waals surface area contributed by atoms with E-state index in [4.69, 9.17) is 0 Å². The fourth-order valence-corrected chi connectivity index (χ4v) is 2.73. The van der Waals surface area contributed by atoms with Crippen LogP contribution in [0, 0.1) is 10.1 Å². The van der Waals surface area contributed by atoms with Crippen LogP contribution in [0.15, 0.2) is 58.3 Å². The molecule has 0 aliphatic heterocycles. The SMILES string of the molecule is O=[N+]([O-])c1c(O)cccc1S(=O)c1ccccc1. The second-order valence-electron chi connectivity index (χ2n) is 3.46. The van der Waals surface area contributed by atoms with Crippen LogP contribution in [0.5, 0.6) is 5.75 Å². The quantitative estimate of drug-likeness (QED) is 0.681. The number of hydrogen-bond acceptors (Lipinski definition) is 4. The molecule has 0 bridgehead atoms. The van der Waals surface area contributed by atoms with Crippen molar-refractivity contribution in [3.63, 3.8) is 0 Å². The van der Waals surface area contributed by atoms with Crippen molar-refractivity contribution < 1.29 is 14.2 Å². The van der Waals surface area contributed by atoms with Crippen molar-refractivity contribution in [3.05, 3.63) is 58.6 Å². The van der Waals surface area contributed by atoms with E-state index in [-0.39, 0.29) is 4.90 Å². The summed E-state index contributed by atoms with van der Waals surface area (Å²) in [5, 5.41) is 20.4. The number of phenolic OH excluding ortho intramolecular Hbond substituents is 1. The van der Waals surface area contributed by atoms with Gasteiger partial charge >= 0.3 is 5.69 Å². The highest BCUT2D eigenvalue weighted by atomic mass is 32.2. The van der Waals surface area contributed by atoms with Gasteiger partial charge in [0, 0.05) is 4.90 Å². The van der Waals surface area contributed by atoms with Crippen molar-refractivity contribution in [1.82, 2.24) is 0 Å². The number of hydrogen-bond donors (Lipinski definition) is 1. The van der Waals surface area contributed by atoms with Gasteiger partial charge < -0.3 is 5.11 Å². The average molecular weight is 263 g/mol. The van der Waals surface area contributed by atoms with Crippen molar-refractivity contribution in [2.24, 2.45) is 0 Å². The van der Waals surface area contributed by atoms with Gasteiger partial charge in [0.05, 0.1) is 15.7 Å². The molecule has 0 aromatic heterocycles. The Morgan fingerprint density at radius 1 is 1.06 bits per heavy atom. The first kappa shape index (κ1) is 12.3. The van der Waals surface area contributed by atoms with Crippen LogP contribution in [0.4, 0.5) is 5.69 Å². The molecule has 0 spiro atoms. The van der Waals surface area contributed by atoms with E-state index in [1.807, 2.05) is 0 Å². The molecule has 1 N–H and O–H groups in total. The van der Waals surface area contributed by atoms with Crippen LogP contribution in [0.2, 0.25) is 0 Å². The molecule has 0 heterocycles. The van der Waals surface area contributed by atoms with Crippen LogP contribution in [0.25, 0.3) is 0 Å². The van der Waals surface area contributed by atoms with Gasteiger partial charge in [0.25, 0.3) is 0 Å². The summed E-state index contributed by atoms with van der Waals surface area (Å²) in [6.07, 6.45) is 0.